The lowest BCUT2D eigenvalue weighted by molar-refractivity contribution is 0.807. The van der Waals surface area contributed by atoms with E-state index in [-0.39, 0.29) is 5.84 Å². The average molecular weight is 390 g/mol. The maximum Gasteiger partial charge on any atom is 0.140 e. The highest BCUT2D eigenvalue weighted by molar-refractivity contribution is 9.10. The Morgan fingerprint density at radius 2 is 2.09 bits per heavy atom. The van der Waals surface area contributed by atoms with Gasteiger partial charge in [0.05, 0.1) is 0 Å². The lowest BCUT2D eigenvalue weighted by Crippen LogP contribution is -2.11. The largest absolute Gasteiger partial charge is 0.384 e. The molecule has 0 saturated heterocycles. The zero-order valence-electron chi connectivity index (χ0n) is 12.1. The second-order valence-electron chi connectivity index (χ2n) is 5.15. The van der Waals surface area contributed by atoms with Crippen LogP contribution in [0.2, 0.25) is 5.02 Å². The maximum absolute atomic E-state index is 7.54. The Bertz CT molecular complexity index is 852. The molecular formula is C17H14BrClN4. The normalized spacial score (nSPS) is 10.7. The Balaban J connectivity index is 1.95. The summed E-state index contributed by atoms with van der Waals surface area (Å²) >= 11 is 9.59. The second kappa shape index (κ2) is 6.56. The van der Waals surface area contributed by atoms with Gasteiger partial charge < -0.3 is 10.3 Å². The highest BCUT2D eigenvalue weighted by atomic mass is 79.9. The van der Waals surface area contributed by atoms with Gasteiger partial charge in [-0.25, -0.2) is 4.98 Å². The molecule has 0 aliphatic rings. The highest BCUT2D eigenvalue weighted by Crippen LogP contribution is 2.27. The van der Waals surface area contributed by atoms with Gasteiger partial charge in [-0.1, -0.05) is 45.7 Å². The van der Waals surface area contributed by atoms with Crippen LogP contribution in [0.15, 0.2) is 59.3 Å². The molecule has 0 unspecified atom stereocenters. The molecule has 2 aromatic carbocycles. The van der Waals surface area contributed by atoms with Crippen LogP contribution in [0.1, 0.15) is 11.1 Å². The number of nitrogen functional groups attached to an aromatic ring is 1. The van der Waals surface area contributed by atoms with E-state index in [1.54, 1.807) is 6.20 Å². The molecule has 0 atom stereocenters. The zero-order chi connectivity index (χ0) is 16.4. The molecule has 0 radical (unpaired) electrons. The molecule has 3 aromatic rings. The molecule has 3 rings (SSSR count). The second-order valence-corrected chi connectivity index (χ2v) is 6.50. The Labute approximate surface area is 147 Å². The first kappa shape index (κ1) is 15.8. The van der Waals surface area contributed by atoms with E-state index in [1.807, 2.05) is 53.2 Å². The zero-order valence-corrected chi connectivity index (χ0v) is 14.5. The number of hydrogen-bond donors (Lipinski definition) is 2. The number of nitrogens with one attached hydrogen (secondary N) is 1. The molecule has 0 amide bonds. The topological polar surface area (TPSA) is 67.7 Å². The number of imidazole rings is 1. The summed E-state index contributed by atoms with van der Waals surface area (Å²) in [5.74, 6) is 0.901. The van der Waals surface area contributed by atoms with Gasteiger partial charge in [0.1, 0.15) is 11.7 Å². The lowest BCUT2D eigenvalue weighted by atomic mass is 10.1. The van der Waals surface area contributed by atoms with E-state index in [4.69, 9.17) is 22.7 Å². The molecule has 23 heavy (non-hydrogen) atoms. The first-order valence-electron chi connectivity index (χ1n) is 6.94. The monoisotopic (exact) mass is 388 g/mol. The van der Waals surface area contributed by atoms with E-state index < -0.39 is 0 Å². The molecule has 4 nitrogen and oxygen atoms in total. The number of hydrogen-bond acceptors (Lipinski definition) is 2. The smallest absolute Gasteiger partial charge is 0.140 e. The minimum atomic E-state index is 0.0662. The lowest BCUT2D eigenvalue weighted by Gasteiger charge is -2.10. The quantitative estimate of drug-likeness (QED) is 0.516. The van der Waals surface area contributed by atoms with Gasteiger partial charge in [-0.15, -0.1) is 0 Å². The van der Waals surface area contributed by atoms with Crippen molar-refractivity contribution in [3.63, 3.8) is 0 Å². The maximum atomic E-state index is 7.54. The molecule has 0 aliphatic carbocycles. The molecule has 0 fully saturated rings. The molecule has 6 heteroatoms. The molecule has 3 N–H and O–H groups in total. The average Bonchev–Trinajstić information content (AvgIpc) is 2.94. The van der Waals surface area contributed by atoms with Gasteiger partial charge in [0.2, 0.25) is 0 Å². The molecule has 0 aliphatic heterocycles. The SMILES string of the molecule is N=C(N)c1cccc(Cn2ccnc2-c2cc(Cl)cc(Br)c2)c1. The third-order valence-corrected chi connectivity index (χ3v) is 4.10. The van der Waals surface area contributed by atoms with Crippen LogP contribution in [0.4, 0.5) is 0 Å². The van der Waals surface area contributed by atoms with Crippen LogP contribution in [0, 0.1) is 5.41 Å². The third kappa shape index (κ3) is 3.63. The van der Waals surface area contributed by atoms with E-state index in [0.717, 1.165) is 27.0 Å². The summed E-state index contributed by atoms with van der Waals surface area (Å²) in [5, 5.41) is 8.20. The predicted octanol–water partition coefficient (Wildman–Crippen LogP) is 4.30. The van der Waals surface area contributed by atoms with Crippen LogP contribution < -0.4 is 5.73 Å². The van der Waals surface area contributed by atoms with Crippen molar-refractivity contribution >= 4 is 33.4 Å². The van der Waals surface area contributed by atoms with Crippen molar-refractivity contribution in [2.45, 2.75) is 6.54 Å². The minimum Gasteiger partial charge on any atom is -0.384 e. The third-order valence-electron chi connectivity index (χ3n) is 3.43. The number of benzene rings is 2. The van der Waals surface area contributed by atoms with Crippen molar-refractivity contribution in [2.24, 2.45) is 5.73 Å². The van der Waals surface area contributed by atoms with Crippen molar-refractivity contribution in [1.29, 1.82) is 5.41 Å². The molecule has 0 bridgehead atoms. The summed E-state index contributed by atoms with van der Waals surface area (Å²) in [4.78, 5) is 4.44. The van der Waals surface area contributed by atoms with Crippen LogP contribution >= 0.6 is 27.5 Å². The van der Waals surface area contributed by atoms with E-state index in [2.05, 4.69) is 20.9 Å². The van der Waals surface area contributed by atoms with Gasteiger partial charge in [-0.05, 0) is 29.8 Å². The molecular weight excluding hydrogens is 376 g/mol. The fraction of sp³-hybridized carbons (Fsp3) is 0.0588. The minimum absolute atomic E-state index is 0.0662. The standard InChI is InChI=1S/C17H14BrClN4/c18-14-7-13(8-15(19)9-14)17-22-4-5-23(17)10-11-2-1-3-12(6-11)16(20)21/h1-9H,10H2,(H3,20,21). The van der Waals surface area contributed by atoms with Crippen molar-refractivity contribution in [2.75, 3.05) is 0 Å². The fourth-order valence-corrected chi connectivity index (χ4v) is 3.27. The fourth-order valence-electron chi connectivity index (χ4n) is 2.41. The Morgan fingerprint density at radius 3 is 2.83 bits per heavy atom. The highest BCUT2D eigenvalue weighted by Gasteiger charge is 2.09. The molecule has 0 saturated carbocycles. The van der Waals surface area contributed by atoms with Gasteiger partial charge >= 0.3 is 0 Å². The summed E-state index contributed by atoms with van der Waals surface area (Å²) < 4.78 is 2.95. The molecule has 1 aromatic heterocycles. The van der Waals surface area contributed by atoms with Crippen molar-refractivity contribution < 1.29 is 0 Å². The van der Waals surface area contributed by atoms with Gasteiger partial charge in [0, 0.05) is 39.6 Å². The number of amidine groups is 1. The van der Waals surface area contributed by atoms with Crippen molar-refractivity contribution in [3.05, 3.63) is 75.5 Å². The number of nitrogens with zero attached hydrogens (tertiary/aromatic N) is 2. The van der Waals surface area contributed by atoms with Gasteiger partial charge in [0.15, 0.2) is 0 Å². The number of halogens is 2. The van der Waals surface area contributed by atoms with Crippen molar-refractivity contribution in [1.82, 2.24) is 9.55 Å². The van der Waals surface area contributed by atoms with E-state index in [1.165, 1.54) is 0 Å². The Hall–Kier alpha value is -2.11. The Kier molecular flexibility index (Phi) is 4.50. The summed E-state index contributed by atoms with van der Waals surface area (Å²) in [6.07, 6.45) is 3.68. The molecule has 116 valence electrons. The Morgan fingerprint density at radius 1 is 1.26 bits per heavy atom. The van der Waals surface area contributed by atoms with Crippen molar-refractivity contribution in [3.8, 4) is 11.4 Å². The molecule has 1 heterocycles. The van der Waals surface area contributed by atoms with Crippen LogP contribution in [0.5, 0.6) is 0 Å². The van der Waals surface area contributed by atoms with E-state index in [9.17, 15) is 0 Å². The summed E-state index contributed by atoms with van der Waals surface area (Å²) in [6, 6.07) is 13.4. The summed E-state index contributed by atoms with van der Waals surface area (Å²) in [5.41, 5.74) is 8.27. The van der Waals surface area contributed by atoms with E-state index >= 15 is 0 Å². The van der Waals surface area contributed by atoms with Gasteiger partial charge in [-0.2, -0.15) is 0 Å². The first-order valence-corrected chi connectivity index (χ1v) is 8.11. The number of nitrogens with two attached hydrogens (primary N) is 1. The number of aromatic nitrogens is 2. The predicted molar refractivity (Wildman–Crippen MR) is 96.9 cm³/mol. The van der Waals surface area contributed by atoms with Crippen LogP contribution in [-0.2, 0) is 6.54 Å². The summed E-state index contributed by atoms with van der Waals surface area (Å²) in [7, 11) is 0. The van der Waals surface area contributed by atoms with Gasteiger partial charge in [0.25, 0.3) is 0 Å². The van der Waals surface area contributed by atoms with Crippen LogP contribution in [0.3, 0.4) is 0 Å². The first-order chi connectivity index (χ1) is 11.0. The molecule has 0 spiro atoms. The van der Waals surface area contributed by atoms with Gasteiger partial charge in [-0.3, -0.25) is 5.41 Å². The van der Waals surface area contributed by atoms with Crippen LogP contribution in [0.25, 0.3) is 11.4 Å². The number of rotatable bonds is 4. The van der Waals surface area contributed by atoms with E-state index in [0.29, 0.717) is 11.6 Å². The van der Waals surface area contributed by atoms with Crippen LogP contribution in [-0.4, -0.2) is 15.4 Å². The summed E-state index contributed by atoms with van der Waals surface area (Å²) in [6.45, 7) is 0.639.